The van der Waals surface area contributed by atoms with E-state index in [-0.39, 0.29) is 5.54 Å². The van der Waals surface area contributed by atoms with Gasteiger partial charge >= 0.3 is 0 Å². The van der Waals surface area contributed by atoms with Crippen molar-refractivity contribution in [1.82, 2.24) is 15.2 Å². The minimum Gasteiger partial charge on any atom is -0.315 e. The van der Waals surface area contributed by atoms with Crippen LogP contribution in [0.15, 0.2) is 22.9 Å². The molecule has 0 aliphatic rings. The first-order chi connectivity index (χ1) is 7.87. The molecule has 1 aromatic rings. The van der Waals surface area contributed by atoms with Gasteiger partial charge in [-0.1, -0.05) is 0 Å². The van der Waals surface area contributed by atoms with E-state index in [1.807, 2.05) is 19.4 Å². The fourth-order valence-electron chi connectivity index (χ4n) is 1.82. The van der Waals surface area contributed by atoms with Crippen LogP contribution < -0.4 is 5.32 Å². The summed E-state index contributed by atoms with van der Waals surface area (Å²) in [4.78, 5) is 6.46. The molecule has 0 spiro atoms. The molecule has 1 unspecified atom stereocenters. The van der Waals surface area contributed by atoms with Crippen LogP contribution >= 0.6 is 15.9 Å². The molecule has 0 fully saturated rings. The first-order valence-electron chi connectivity index (χ1n) is 5.82. The van der Waals surface area contributed by atoms with E-state index in [4.69, 9.17) is 0 Å². The van der Waals surface area contributed by atoms with Gasteiger partial charge < -0.3 is 10.2 Å². The van der Waals surface area contributed by atoms with Gasteiger partial charge in [-0.3, -0.25) is 4.98 Å². The topological polar surface area (TPSA) is 28.2 Å². The number of hydrogen-bond donors (Lipinski definition) is 1. The number of hydrogen-bond acceptors (Lipinski definition) is 3. The molecule has 1 N–H and O–H groups in total. The van der Waals surface area contributed by atoms with Gasteiger partial charge in [0.15, 0.2) is 0 Å². The van der Waals surface area contributed by atoms with E-state index < -0.39 is 0 Å². The molecule has 0 bridgehead atoms. The summed E-state index contributed by atoms with van der Waals surface area (Å²) >= 11 is 3.46. The zero-order chi connectivity index (χ0) is 13.1. The van der Waals surface area contributed by atoms with E-state index in [9.17, 15) is 0 Å². The Labute approximate surface area is 113 Å². The Bertz CT molecular complexity index is 363. The smallest absolute Gasteiger partial charge is 0.0410 e. The molecule has 4 heteroatoms. The number of aromatic nitrogens is 1. The molecular formula is C13H22BrN3. The molecule has 1 heterocycles. The standard InChI is InChI=1S/C13H22BrN3/c1-13(2,17(4)5)12(15-3)7-10-6-11(14)9-16-8-10/h6,8-9,12,15H,7H2,1-5H3. The fraction of sp³-hybridized carbons (Fsp3) is 0.615. The van der Waals surface area contributed by atoms with E-state index in [2.05, 4.69) is 65.1 Å². The van der Waals surface area contributed by atoms with Gasteiger partial charge in [-0.25, -0.2) is 0 Å². The third-order valence-electron chi connectivity index (χ3n) is 3.56. The van der Waals surface area contributed by atoms with Crippen molar-refractivity contribution in [3.8, 4) is 0 Å². The lowest BCUT2D eigenvalue weighted by Gasteiger charge is -2.40. The number of nitrogens with zero attached hydrogens (tertiary/aromatic N) is 2. The van der Waals surface area contributed by atoms with Crippen LogP contribution in [-0.4, -0.2) is 42.6 Å². The van der Waals surface area contributed by atoms with E-state index in [0.717, 1.165) is 10.9 Å². The van der Waals surface area contributed by atoms with Crippen molar-refractivity contribution in [2.45, 2.75) is 31.8 Å². The zero-order valence-corrected chi connectivity index (χ0v) is 12.9. The molecular weight excluding hydrogens is 278 g/mol. The van der Waals surface area contributed by atoms with Crippen molar-refractivity contribution in [2.24, 2.45) is 0 Å². The lowest BCUT2D eigenvalue weighted by Crippen LogP contribution is -2.55. The van der Waals surface area contributed by atoms with Crippen LogP contribution in [0, 0.1) is 0 Å². The third-order valence-corrected chi connectivity index (χ3v) is 3.99. The van der Waals surface area contributed by atoms with Gasteiger partial charge in [0.1, 0.15) is 0 Å². The Hall–Kier alpha value is -0.450. The van der Waals surface area contributed by atoms with Gasteiger partial charge in [0.2, 0.25) is 0 Å². The molecule has 1 rings (SSSR count). The maximum Gasteiger partial charge on any atom is 0.0410 e. The van der Waals surface area contributed by atoms with Gasteiger partial charge in [-0.05, 0) is 69.0 Å². The van der Waals surface area contributed by atoms with E-state index in [1.54, 1.807) is 0 Å². The van der Waals surface area contributed by atoms with Crippen LogP contribution in [0.1, 0.15) is 19.4 Å². The lowest BCUT2D eigenvalue weighted by atomic mass is 9.88. The van der Waals surface area contributed by atoms with Gasteiger partial charge in [-0.15, -0.1) is 0 Å². The summed E-state index contributed by atoms with van der Waals surface area (Å²) < 4.78 is 1.03. The molecule has 1 aromatic heterocycles. The lowest BCUT2D eigenvalue weighted by molar-refractivity contribution is 0.141. The van der Waals surface area contributed by atoms with E-state index in [1.165, 1.54) is 5.56 Å². The molecule has 0 aliphatic carbocycles. The monoisotopic (exact) mass is 299 g/mol. The number of rotatable bonds is 5. The SMILES string of the molecule is CNC(Cc1cncc(Br)c1)C(C)(C)N(C)C. The quantitative estimate of drug-likeness (QED) is 0.904. The highest BCUT2D eigenvalue weighted by Crippen LogP contribution is 2.20. The highest BCUT2D eigenvalue weighted by molar-refractivity contribution is 9.10. The Kier molecular flexibility index (Phi) is 5.10. The Morgan fingerprint density at radius 2 is 2.06 bits per heavy atom. The molecule has 17 heavy (non-hydrogen) atoms. The van der Waals surface area contributed by atoms with Crippen molar-refractivity contribution in [1.29, 1.82) is 0 Å². The number of halogens is 1. The van der Waals surface area contributed by atoms with Crippen LogP contribution in [0.25, 0.3) is 0 Å². The van der Waals surface area contributed by atoms with Crippen molar-refractivity contribution >= 4 is 15.9 Å². The number of pyridine rings is 1. The molecule has 0 radical (unpaired) electrons. The first kappa shape index (κ1) is 14.6. The molecule has 0 saturated carbocycles. The highest BCUT2D eigenvalue weighted by Gasteiger charge is 2.30. The maximum absolute atomic E-state index is 4.21. The van der Waals surface area contributed by atoms with Crippen molar-refractivity contribution < 1.29 is 0 Å². The van der Waals surface area contributed by atoms with Gasteiger partial charge in [0.05, 0.1) is 0 Å². The second kappa shape index (κ2) is 5.94. The minimum absolute atomic E-state index is 0.0943. The minimum atomic E-state index is 0.0943. The zero-order valence-electron chi connectivity index (χ0n) is 11.3. The Balaban J connectivity index is 2.84. The molecule has 96 valence electrons. The van der Waals surface area contributed by atoms with Crippen molar-refractivity contribution in [3.63, 3.8) is 0 Å². The predicted octanol–water partition coefficient (Wildman–Crippen LogP) is 2.31. The largest absolute Gasteiger partial charge is 0.315 e. The molecule has 1 atom stereocenters. The van der Waals surface area contributed by atoms with Crippen molar-refractivity contribution in [2.75, 3.05) is 21.1 Å². The van der Waals surface area contributed by atoms with Crippen LogP contribution in [0.3, 0.4) is 0 Å². The highest BCUT2D eigenvalue weighted by atomic mass is 79.9. The Morgan fingerprint density at radius 1 is 1.41 bits per heavy atom. The second-order valence-electron chi connectivity index (χ2n) is 5.10. The van der Waals surface area contributed by atoms with Crippen LogP contribution in [0.4, 0.5) is 0 Å². The van der Waals surface area contributed by atoms with Crippen LogP contribution in [0.5, 0.6) is 0 Å². The molecule has 3 nitrogen and oxygen atoms in total. The van der Waals surface area contributed by atoms with Crippen LogP contribution in [0.2, 0.25) is 0 Å². The molecule has 0 aromatic carbocycles. The summed E-state index contributed by atoms with van der Waals surface area (Å²) in [5.74, 6) is 0. The molecule has 0 saturated heterocycles. The van der Waals surface area contributed by atoms with Gasteiger partial charge in [0.25, 0.3) is 0 Å². The Morgan fingerprint density at radius 3 is 2.53 bits per heavy atom. The van der Waals surface area contributed by atoms with E-state index >= 15 is 0 Å². The van der Waals surface area contributed by atoms with Crippen molar-refractivity contribution in [3.05, 3.63) is 28.5 Å². The third kappa shape index (κ3) is 3.76. The summed E-state index contributed by atoms with van der Waals surface area (Å²) in [7, 11) is 6.24. The first-order valence-corrected chi connectivity index (χ1v) is 6.61. The maximum atomic E-state index is 4.21. The summed E-state index contributed by atoms with van der Waals surface area (Å²) in [6, 6.07) is 2.51. The average Bonchev–Trinajstić information content (AvgIpc) is 2.25. The number of likely N-dealkylation sites (N-methyl/N-ethyl adjacent to an activating group) is 2. The van der Waals surface area contributed by atoms with Gasteiger partial charge in [-0.2, -0.15) is 0 Å². The average molecular weight is 300 g/mol. The molecule has 0 amide bonds. The van der Waals surface area contributed by atoms with Gasteiger partial charge in [0, 0.05) is 28.4 Å². The summed E-state index contributed by atoms with van der Waals surface area (Å²) in [6.07, 6.45) is 4.71. The van der Waals surface area contributed by atoms with Crippen LogP contribution in [-0.2, 0) is 6.42 Å². The summed E-state index contributed by atoms with van der Waals surface area (Å²) in [6.45, 7) is 4.50. The summed E-state index contributed by atoms with van der Waals surface area (Å²) in [5, 5.41) is 3.41. The fourth-order valence-corrected chi connectivity index (χ4v) is 2.23. The second-order valence-corrected chi connectivity index (χ2v) is 6.02. The van der Waals surface area contributed by atoms with E-state index in [0.29, 0.717) is 6.04 Å². The normalized spacial score (nSPS) is 14.1. The molecule has 0 aliphatic heterocycles. The summed E-state index contributed by atoms with van der Waals surface area (Å²) in [5.41, 5.74) is 1.34. The predicted molar refractivity (Wildman–Crippen MR) is 76.3 cm³/mol. The number of nitrogens with one attached hydrogen (secondary N) is 1.